The van der Waals surface area contributed by atoms with Crippen LogP contribution < -0.4 is 5.32 Å². The SMILES string of the molecule is Cc1oc(-c2ccco2)nc1CN1C(=O)NC(Cc2ccccc2)(c2ccccc2)C1=O. The second-order valence-corrected chi connectivity index (χ2v) is 7.75. The van der Waals surface area contributed by atoms with Gasteiger partial charge in [0.05, 0.1) is 12.8 Å². The van der Waals surface area contributed by atoms with Crippen molar-refractivity contribution in [1.82, 2.24) is 15.2 Å². The third-order valence-electron chi connectivity index (χ3n) is 5.69. The lowest BCUT2D eigenvalue weighted by atomic mass is 9.83. The van der Waals surface area contributed by atoms with E-state index in [4.69, 9.17) is 8.83 Å². The van der Waals surface area contributed by atoms with Gasteiger partial charge in [0.15, 0.2) is 11.3 Å². The summed E-state index contributed by atoms with van der Waals surface area (Å²) < 4.78 is 11.0. The minimum absolute atomic E-state index is 0.00405. The van der Waals surface area contributed by atoms with Gasteiger partial charge < -0.3 is 14.2 Å². The Balaban J connectivity index is 1.49. The molecule has 0 bridgehead atoms. The van der Waals surface area contributed by atoms with Gasteiger partial charge in [-0.1, -0.05) is 60.7 Å². The third-order valence-corrected chi connectivity index (χ3v) is 5.69. The van der Waals surface area contributed by atoms with Crippen LogP contribution in [0.25, 0.3) is 11.7 Å². The number of benzene rings is 2. The highest BCUT2D eigenvalue weighted by Crippen LogP contribution is 2.34. The average Bonchev–Trinajstić information content (AvgIpc) is 3.52. The molecule has 160 valence electrons. The van der Waals surface area contributed by atoms with Crippen molar-refractivity contribution in [2.45, 2.75) is 25.4 Å². The Morgan fingerprint density at radius 1 is 0.969 bits per heavy atom. The zero-order valence-electron chi connectivity index (χ0n) is 17.4. The standard InChI is InChI=1S/C25H21N3O4/c1-17-20(26-22(32-17)21-13-8-14-31-21)16-28-23(29)25(27-24(28)30,19-11-6-3-7-12-19)15-18-9-4-2-5-10-18/h2-14H,15-16H2,1H3,(H,27,30). The molecule has 0 aliphatic carbocycles. The average molecular weight is 427 g/mol. The molecule has 5 rings (SSSR count). The zero-order chi connectivity index (χ0) is 22.1. The molecule has 1 unspecified atom stereocenters. The fourth-order valence-electron chi connectivity index (χ4n) is 4.04. The number of carbonyl (C=O) groups is 2. The van der Waals surface area contributed by atoms with Gasteiger partial charge in [0.1, 0.15) is 11.5 Å². The highest BCUT2D eigenvalue weighted by atomic mass is 16.4. The first-order valence-corrected chi connectivity index (χ1v) is 10.3. The van der Waals surface area contributed by atoms with E-state index in [1.165, 1.54) is 11.2 Å². The number of nitrogens with zero attached hydrogens (tertiary/aromatic N) is 2. The molecule has 32 heavy (non-hydrogen) atoms. The van der Waals surface area contributed by atoms with Gasteiger partial charge in [-0.15, -0.1) is 0 Å². The van der Waals surface area contributed by atoms with Gasteiger partial charge in [0.25, 0.3) is 11.8 Å². The molecular weight excluding hydrogens is 406 g/mol. The number of hydrogen-bond donors (Lipinski definition) is 1. The van der Waals surface area contributed by atoms with E-state index >= 15 is 0 Å². The lowest BCUT2D eigenvalue weighted by molar-refractivity contribution is -0.132. The number of carbonyl (C=O) groups excluding carboxylic acids is 2. The van der Waals surface area contributed by atoms with Crippen LogP contribution in [0.2, 0.25) is 0 Å². The van der Waals surface area contributed by atoms with E-state index < -0.39 is 11.6 Å². The van der Waals surface area contributed by atoms with Crippen LogP contribution in [0.3, 0.4) is 0 Å². The molecule has 3 heterocycles. The van der Waals surface area contributed by atoms with Crippen LogP contribution in [-0.2, 0) is 23.3 Å². The van der Waals surface area contributed by atoms with Gasteiger partial charge in [-0.25, -0.2) is 9.78 Å². The lowest BCUT2D eigenvalue weighted by Gasteiger charge is -2.27. The summed E-state index contributed by atoms with van der Waals surface area (Å²) in [6, 6.07) is 22.0. The van der Waals surface area contributed by atoms with E-state index in [1.807, 2.05) is 60.7 Å². The summed E-state index contributed by atoms with van der Waals surface area (Å²) in [5.74, 6) is 1.00. The van der Waals surface area contributed by atoms with Gasteiger partial charge in [-0.2, -0.15) is 0 Å². The number of aryl methyl sites for hydroxylation is 1. The number of urea groups is 1. The molecular formula is C25H21N3O4. The molecule has 1 atom stereocenters. The molecule has 2 aromatic carbocycles. The predicted molar refractivity (Wildman–Crippen MR) is 116 cm³/mol. The quantitative estimate of drug-likeness (QED) is 0.460. The monoisotopic (exact) mass is 427 g/mol. The molecule has 0 spiro atoms. The molecule has 1 aliphatic heterocycles. The van der Waals surface area contributed by atoms with E-state index in [9.17, 15) is 9.59 Å². The first-order chi connectivity index (χ1) is 15.6. The van der Waals surface area contributed by atoms with Crippen LogP contribution in [-0.4, -0.2) is 21.8 Å². The smallest absolute Gasteiger partial charge is 0.325 e. The molecule has 4 aromatic rings. The maximum atomic E-state index is 13.8. The summed E-state index contributed by atoms with van der Waals surface area (Å²) in [6.45, 7) is 1.76. The Bertz CT molecular complexity index is 1250. The normalized spacial score (nSPS) is 18.2. The Labute approximate surface area is 184 Å². The number of amides is 3. The molecule has 1 aliphatic rings. The molecule has 0 saturated carbocycles. The highest BCUT2D eigenvalue weighted by molar-refractivity contribution is 6.07. The van der Waals surface area contributed by atoms with Crippen molar-refractivity contribution in [2.75, 3.05) is 0 Å². The second kappa shape index (κ2) is 7.85. The molecule has 1 saturated heterocycles. The fraction of sp³-hybridized carbons (Fsp3) is 0.160. The zero-order valence-corrected chi connectivity index (χ0v) is 17.4. The third kappa shape index (κ3) is 3.37. The Hall–Kier alpha value is -4.13. The minimum atomic E-state index is -1.19. The van der Waals surface area contributed by atoms with Crippen LogP contribution >= 0.6 is 0 Å². The number of aromatic nitrogens is 1. The Morgan fingerprint density at radius 3 is 2.38 bits per heavy atom. The largest absolute Gasteiger partial charge is 0.459 e. The van der Waals surface area contributed by atoms with Gasteiger partial charge in [-0.3, -0.25) is 9.69 Å². The van der Waals surface area contributed by atoms with Gasteiger partial charge in [-0.05, 0) is 30.2 Å². The molecule has 7 nitrogen and oxygen atoms in total. The highest BCUT2D eigenvalue weighted by Gasteiger charge is 2.52. The van der Waals surface area contributed by atoms with Crippen molar-refractivity contribution in [3.05, 3.63) is 102 Å². The maximum Gasteiger partial charge on any atom is 0.325 e. The van der Waals surface area contributed by atoms with Crippen molar-refractivity contribution in [2.24, 2.45) is 0 Å². The van der Waals surface area contributed by atoms with Gasteiger partial charge in [0, 0.05) is 6.42 Å². The van der Waals surface area contributed by atoms with E-state index in [1.54, 1.807) is 19.1 Å². The number of rotatable bonds is 6. The topological polar surface area (TPSA) is 88.6 Å². The van der Waals surface area contributed by atoms with Crippen LogP contribution in [0.5, 0.6) is 0 Å². The van der Waals surface area contributed by atoms with Crippen molar-refractivity contribution in [1.29, 1.82) is 0 Å². The van der Waals surface area contributed by atoms with Crippen LogP contribution in [0.4, 0.5) is 4.79 Å². The summed E-state index contributed by atoms with van der Waals surface area (Å²) in [6.07, 6.45) is 1.87. The number of furan rings is 1. The van der Waals surface area contributed by atoms with Crippen molar-refractivity contribution >= 4 is 11.9 Å². The number of imide groups is 1. The summed E-state index contributed by atoms with van der Waals surface area (Å²) in [5.41, 5.74) is 0.993. The van der Waals surface area contributed by atoms with Crippen molar-refractivity contribution in [3.63, 3.8) is 0 Å². The van der Waals surface area contributed by atoms with Crippen molar-refractivity contribution < 1.29 is 18.4 Å². The van der Waals surface area contributed by atoms with Crippen LogP contribution in [0.15, 0.2) is 87.9 Å². The minimum Gasteiger partial charge on any atom is -0.459 e. The first kappa shape index (κ1) is 19.8. The summed E-state index contributed by atoms with van der Waals surface area (Å²) in [4.78, 5) is 32.4. The Morgan fingerprint density at radius 2 is 1.69 bits per heavy atom. The predicted octanol–water partition coefficient (Wildman–Crippen LogP) is 4.43. The molecule has 7 heteroatoms. The van der Waals surface area contributed by atoms with Crippen molar-refractivity contribution in [3.8, 4) is 11.7 Å². The molecule has 3 amide bonds. The van der Waals surface area contributed by atoms with Gasteiger partial charge in [0.2, 0.25) is 0 Å². The fourth-order valence-corrected chi connectivity index (χ4v) is 4.04. The molecule has 1 N–H and O–H groups in total. The molecule has 2 aromatic heterocycles. The number of hydrogen-bond acceptors (Lipinski definition) is 5. The molecule has 0 radical (unpaired) electrons. The van der Waals surface area contributed by atoms with E-state index in [-0.39, 0.29) is 12.5 Å². The first-order valence-electron chi connectivity index (χ1n) is 10.3. The maximum absolute atomic E-state index is 13.8. The van der Waals surface area contributed by atoms with E-state index in [0.717, 1.165) is 11.1 Å². The number of nitrogens with one attached hydrogen (secondary N) is 1. The van der Waals surface area contributed by atoms with Gasteiger partial charge >= 0.3 is 6.03 Å². The lowest BCUT2D eigenvalue weighted by Crippen LogP contribution is -2.46. The van der Waals surface area contributed by atoms with E-state index in [0.29, 0.717) is 29.5 Å². The van der Waals surface area contributed by atoms with E-state index in [2.05, 4.69) is 10.3 Å². The van der Waals surface area contributed by atoms with Crippen LogP contribution in [0, 0.1) is 6.92 Å². The summed E-state index contributed by atoms with van der Waals surface area (Å²) in [5, 5.41) is 2.97. The Kier molecular flexibility index (Phi) is 4.86. The molecule has 1 fully saturated rings. The summed E-state index contributed by atoms with van der Waals surface area (Å²) >= 11 is 0. The second-order valence-electron chi connectivity index (χ2n) is 7.75. The number of oxazole rings is 1. The summed E-state index contributed by atoms with van der Waals surface area (Å²) in [7, 11) is 0. The van der Waals surface area contributed by atoms with Crippen LogP contribution in [0.1, 0.15) is 22.6 Å².